The quantitative estimate of drug-likeness (QED) is 0.724. The van der Waals surface area contributed by atoms with Crippen molar-refractivity contribution in [2.75, 3.05) is 29.9 Å². The molecule has 4 rings (SSSR count). The first-order valence-corrected chi connectivity index (χ1v) is 10.9. The van der Waals surface area contributed by atoms with E-state index in [1.807, 2.05) is 6.07 Å². The minimum absolute atomic E-state index is 0.116. The van der Waals surface area contributed by atoms with Crippen molar-refractivity contribution in [1.29, 1.82) is 0 Å². The summed E-state index contributed by atoms with van der Waals surface area (Å²) < 4.78 is 5.97. The van der Waals surface area contributed by atoms with Gasteiger partial charge >= 0.3 is 6.03 Å². The average Bonchev–Trinajstić information content (AvgIpc) is 3.36. The molecule has 2 aliphatic rings. The number of anilines is 2. The van der Waals surface area contributed by atoms with Gasteiger partial charge in [0.15, 0.2) is 16.7 Å². The van der Waals surface area contributed by atoms with E-state index >= 15 is 0 Å². The molecule has 1 aliphatic carbocycles. The van der Waals surface area contributed by atoms with Crippen molar-refractivity contribution >= 4 is 34.2 Å². The van der Waals surface area contributed by atoms with E-state index < -0.39 is 0 Å². The zero-order valence-electron chi connectivity index (χ0n) is 16.2. The Hall–Kier alpha value is -2.68. The Balaban J connectivity index is 1.33. The number of rotatable bonds is 7. The fourth-order valence-corrected chi connectivity index (χ4v) is 4.51. The zero-order valence-corrected chi connectivity index (χ0v) is 17.0. The van der Waals surface area contributed by atoms with Crippen molar-refractivity contribution in [3.63, 3.8) is 0 Å². The Kier molecular flexibility index (Phi) is 6.24. The van der Waals surface area contributed by atoms with Crippen LogP contribution < -0.4 is 20.3 Å². The van der Waals surface area contributed by atoms with Crippen LogP contribution in [0.15, 0.2) is 23.7 Å². The number of ether oxygens (including phenoxy) is 1. The van der Waals surface area contributed by atoms with Crippen LogP contribution in [-0.2, 0) is 11.2 Å². The first kappa shape index (κ1) is 19.6. The van der Waals surface area contributed by atoms with E-state index in [1.165, 1.54) is 43.4 Å². The summed E-state index contributed by atoms with van der Waals surface area (Å²) in [5, 5.41) is 7.99. The molecular weight excluding hydrogens is 390 g/mol. The summed E-state index contributed by atoms with van der Waals surface area (Å²) in [5.74, 6) is 1.39. The van der Waals surface area contributed by atoms with Gasteiger partial charge in [0.05, 0.1) is 18.7 Å². The van der Waals surface area contributed by atoms with Crippen LogP contribution in [0.25, 0.3) is 0 Å². The first-order valence-electron chi connectivity index (χ1n) is 10.1. The van der Waals surface area contributed by atoms with Gasteiger partial charge in [-0.1, -0.05) is 19.3 Å². The molecule has 3 amide bonds. The van der Waals surface area contributed by atoms with Crippen molar-refractivity contribution in [3.05, 3.63) is 29.4 Å². The number of hydrogen-bond donors (Lipinski definition) is 2. The summed E-state index contributed by atoms with van der Waals surface area (Å²) in [4.78, 5) is 34.5. The second kappa shape index (κ2) is 9.21. The minimum atomic E-state index is -0.214. The maximum absolute atomic E-state index is 12.5. The third-order valence-electron chi connectivity index (χ3n) is 5.20. The van der Waals surface area contributed by atoms with E-state index in [1.54, 1.807) is 22.5 Å². The van der Waals surface area contributed by atoms with Gasteiger partial charge in [-0.25, -0.2) is 14.8 Å². The van der Waals surface area contributed by atoms with Crippen molar-refractivity contribution in [3.8, 4) is 5.75 Å². The lowest BCUT2D eigenvalue weighted by Gasteiger charge is -2.22. The number of carbonyl (C=O) groups excluding carboxylic acids is 2. The Labute approximate surface area is 173 Å². The van der Waals surface area contributed by atoms with Gasteiger partial charge in [-0.3, -0.25) is 9.69 Å². The van der Waals surface area contributed by atoms with Gasteiger partial charge in [-0.2, -0.15) is 0 Å². The summed E-state index contributed by atoms with van der Waals surface area (Å²) in [7, 11) is 0. The van der Waals surface area contributed by atoms with Gasteiger partial charge < -0.3 is 15.4 Å². The average molecular weight is 416 g/mol. The number of aromatic nitrogens is 2. The van der Waals surface area contributed by atoms with E-state index in [0.717, 1.165) is 0 Å². The normalized spacial score (nSPS) is 17.2. The molecule has 0 bridgehead atoms. The van der Waals surface area contributed by atoms with E-state index in [2.05, 4.69) is 20.6 Å². The van der Waals surface area contributed by atoms with Gasteiger partial charge in [0.25, 0.3) is 0 Å². The Bertz CT molecular complexity index is 865. The van der Waals surface area contributed by atoms with Crippen LogP contribution in [0.4, 0.5) is 15.7 Å². The highest BCUT2D eigenvalue weighted by atomic mass is 32.1. The number of carbonyl (C=O) groups is 2. The highest BCUT2D eigenvalue weighted by Crippen LogP contribution is 2.27. The second-order valence-corrected chi connectivity index (χ2v) is 8.23. The summed E-state index contributed by atoms with van der Waals surface area (Å²) in [6.07, 6.45) is 7.98. The lowest BCUT2D eigenvalue weighted by molar-refractivity contribution is -0.115. The number of nitrogens with zero attached hydrogens (tertiary/aromatic N) is 3. The SMILES string of the molecule is O=C(Cc1csc(N2CCNC2=O)n1)Nc1ncccc1OCC1CCCCC1. The predicted octanol–water partition coefficient (Wildman–Crippen LogP) is 3.21. The molecule has 0 aromatic carbocycles. The smallest absolute Gasteiger partial charge is 0.323 e. The van der Waals surface area contributed by atoms with E-state index in [9.17, 15) is 9.59 Å². The molecule has 1 saturated carbocycles. The summed E-state index contributed by atoms with van der Waals surface area (Å²) in [6, 6.07) is 3.49. The Morgan fingerprint density at radius 2 is 2.21 bits per heavy atom. The third-order valence-corrected chi connectivity index (χ3v) is 6.11. The van der Waals surface area contributed by atoms with Crippen LogP contribution in [0.3, 0.4) is 0 Å². The maximum atomic E-state index is 12.5. The molecule has 8 nitrogen and oxygen atoms in total. The zero-order chi connectivity index (χ0) is 20.1. The van der Waals surface area contributed by atoms with Crippen LogP contribution in [0, 0.1) is 5.92 Å². The van der Waals surface area contributed by atoms with E-state index in [4.69, 9.17) is 4.74 Å². The molecule has 9 heteroatoms. The van der Waals surface area contributed by atoms with Gasteiger partial charge in [-0.05, 0) is 30.9 Å². The van der Waals surface area contributed by atoms with Crippen molar-refractivity contribution in [1.82, 2.24) is 15.3 Å². The van der Waals surface area contributed by atoms with Crippen LogP contribution >= 0.6 is 11.3 Å². The first-order chi connectivity index (χ1) is 14.2. The number of hydrogen-bond acceptors (Lipinski definition) is 6. The van der Waals surface area contributed by atoms with Crippen LogP contribution in [-0.4, -0.2) is 41.6 Å². The molecular formula is C20H25N5O3S. The lowest BCUT2D eigenvalue weighted by atomic mass is 9.90. The Morgan fingerprint density at radius 3 is 3.00 bits per heavy atom. The summed E-state index contributed by atoms with van der Waals surface area (Å²) in [6.45, 7) is 1.85. The molecule has 1 saturated heterocycles. The molecule has 0 radical (unpaired) electrons. The maximum Gasteiger partial charge on any atom is 0.323 e. The topological polar surface area (TPSA) is 96.5 Å². The minimum Gasteiger partial charge on any atom is -0.489 e. The molecule has 2 fully saturated rings. The fraction of sp³-hybridized carbons (Fsp3) is 0.500. The van der Waals surface area contributed by atoms with Crippen molar-refractivity contribution in [2.24, 2.45) is 5.92 Å². The van der Waals surface area contributed by atoms with Crippen molar-refractivity contribution in [2.45, 2.75) is 38.5 Å². The lowest BCUT2D eigenvalue weighted by Crippen LogP contribution is -2.27. The molecule has 0 spiro atoms. The van der Waals surface area contributed by atoms with Gasteiger partial charge in [0.2, 0.25) is 5.91 Å². The molecule has 0 unspecified atom stereocenters. The highest BCUT2D eigenvalue weighted by molar-refractivity contribution is 7.14. The van der Waals surface area contributed by atoms with Gasteiger partial charge in [-0.15, -0.1) is 11.3 Å². The Morgan fingerprint density at radius 1 is 1.34 bits per heavy atom. The number of pyridine rings is 1. The molecule has 2 N–H and O–H groups in total. The van der Waals surface area contributed by atoms with Crippen LogP contribution in [0.1, 0.15) is 37.8 Å². The largest absolute Gasteiger partial charge is 0.489 e. The monoisotopic (exact) mass is 415 g/mol. The number of thiazole rings is 1. The fourth-order valence-electron chi connectivity index (χ4n) is 3.66. The van der Waals surface area contributed by atoms with Gasteiger partial charge in [0, 0.05) is 24.7 Å². The van der Waals surface area contributed by atoms with E-state index in [0.29, 0.717) is 48.0 Å². The summed E-state index contributed by atoms with van der Waals surface area (Å²) >= 11 is 1.36. The number of amides is 3. The van der Waals surface area contributed by atoms with Crippen molar-refractivity contribution < 1.29 is 14.3 Å². The number of nitrogens with one attached hydrogen (secondary N) is 2. The second-order valence-electron chi connectivity index (χ2n) is 7.40. The molecule has 29 heavy (non-hydrogen) atoms. The molecule has 154 valence electrons. The van der Waals surface area contributed by atoms with Gasteiger partial charge in [0.1, 0.15) is 0 Å². The van der Waals surface area contributed by atoms with Crippen LogP contribution in [0.2, 0.25) is 0 Å². The third kappa shape index (κ3) is 5.03. The standard InChI is InChI=1S/C20H25N5O3S/c26-17(11-15-13-29-20(23-15)25-10-9-22-19(25)27)24-18-16(7-4-8-21-18)28-12-14-5-2-1-3-6-14/h4,7-8,13-14H,1-3,5-6,9-12H2,(H,22,27)(H,21,24,26). The predicted molar refractivity (Wildman–Crippen MR) is 111 cm³/mol. The molecule has 3 heterocycles. The van der Waals surface area contributed by atoms with E-state index in [-0.39, 0.29) is 18.4 Å². The molecule has 2 aromatic rings. The van der Waals surface area contributed by atoms with Crippen LogP contribution in [0.5, 0.6) is 5.75 Å². The highest BCUT2D eigenvalue weighted by Gasteiger charge is 2.24. The molecule has 0 atom stereocenters. The number of urea groups is 1. The molecule has 1 aliphatic heterocycles. The summed E-state index contributed by atoms with van der Waals surface area (Å²) in [5.41, 5.74) is 0.628. The molecule has 2 aromatic heterocycles.